The molecule has 0 N–H and O–H groups in total. The fourth-order valence-corrected chi connectivity index (χ4v) is 2.77. The average molecular weight is 260 g/mol. The molecule has 5 nitrogen and oxygen atoms in total. The number of anilines is 1. The summed E-state index contributed by atoms with van der Waals surface area (Å²) in [6.45, 7) is 6.89. The first-order valence-corrected chi connectivity index (χ1v) is 6.95. The van der Waals surface area contributed by atoms with Gasteiger partial charge in [-0.05, 0) is 13.3 Å². The van der Waals surface area contributed by atoms with Crippen LogP contribution in [0.1, 0.15) is 13.3 Å². The van der Waals surface area contributed by atoms with Crippen LogP contribution in [0.3, 0.4) is 0 Å². The van der Waals surface area contributed by atoms with Crippen LogP contribution in [-0.2, 0) is 0 Å². The molecule has 2 aliphatic rings. The molecule has 19 heavy (non-hydrogen) atoms. The minimum atomic E-state index is 0.637. The number of hydrogen-bond acceptors (Lipinski definition) is 5. The van der Waals surface area contributed by atoms with Crippen molar-refractivity contribution in [1.29, 1.82) is 0 Å². The molecule has 1 atom stereocenters. The SMILES string of the molecule is CCOc1cc(N2CC[C@@H](N3CC=CC3)C2)ncn1. The van der Waals surface area contributed by atoms with Crippen molar-refractivity contribution >= 4 is 5.82 Å². The summed E-state index contributed by atoms with van der Waals surface area (Å²) in [5.41, 5.74) is 0. The third-order valence-corrected chi connectivity index (χ3v) is 3.77. The van der Waals surface area contributed by atoms with E-state index in [1.807, 2.05) is 13.0 Å². The zero-order valence-electron chi connectivity index (χ0n) is 11.3. The van der Waals surface area contributed by atoms with Crippen molar-refractivity contribution in [2.24, 2.45) is 0 Å². The monoisotopic (exact) mass is 260 g/mol. The number of aromatic nitrogens is 2. The molecule has 3 rings (SSSR count). The Bertz CT molecular complexity index is 455. The molecular formula is C14H20N4O. The minimum absolute atomic E-state index is 0.637. The molecule has 1 aromatic heterocycles. The number of nitrogens with zero attached hydrogens (tertiary/aromatic N) is 4. The molecule has 1 aromatic rings. The van der Waals surface area contributed by atoms with Crippen LogP contribution in [0, 0.1) is 0 Å². The molecule has 2 aliphatic heterocycles. The Kier molecular flexibility index (Phi) is 3.64. The molecule has 1 fully saturated rings. The van der Waals surface area contributed by atoms with E-state index in [0.717, 1.165) is 32.0 Å². The maximum absolute atomic E-state index is 5.43. The van der Waals surface area contributed by atoms with E-state index in [1.54, 1.807) is 6.33 Å². The summed E-state index contributed by atoms with van der Waals surface area (Å²) in [4.78, 5) is 13.3. The second-order valence-electron chi connectivity index (χ2n) is 4.96. The van der Waals surface area contributed by atoms with Crippen LogP contribution in [-0.4, -0.2) is 53.7 Å². The highest BCUT2D eigenvalue weighted by atomic mass is 16.5. The van der Waals surface area contributed by atoms with Crippen LogP contribution in [0.15, 0.2) is 24.5 Å². The lowest BCUT2D eigenvalue weighted by Crippen LogP contribution is -2.35. The molecule has 3 heterocycles. The Balaban J connectivity index is 1.65. The van der Waals surface area contributed by atoms with Gasteiger partial charge in [-0.25, -0.2) is 9.97 Å². The number of rotatable bonds is 4. The second-order valence-corrected chi connectivity index (χ2v) is 4.96. The molecule has 0 aliphatic carbocycles. The lowest BCUT2D eigenvalue weighted by Gasteiger charge is -2.24. The lowest BCUT2D eigenvalue weighted by molar-refractivity contribution is 0.271. The van der Waals surface area contributed by atoms with Gasteiger partial charge in [0, 0.05) is 38.3 Å². The van der Waals surface area contributed by atoms with Crippen LogP contribution in [0.5, 0.6) is 5.88 Å². The predicted molar refractivity (Wildman–Crippen MR) is 74.5 cm³/mol. The summed E-state index contributed by atoms with van der Waals surface area (Å²) < 4.78 is 5.43. The third-order valence-electron chi connectivity index (χ3n) is 3.77. The zero-order chi connectivity index (χ0) is 13.1. The normalized spacial score (nSPS) is 23.2. The van der Waals surface area contributed by atoms with Crippen molar-refractivity contribution in [3.05, 3.63) is 24.5 Å². The highest BCUT2D eigenvalue weighted by Crippen LogP contribution is 2.24. The molecular weight excluding hydrogens is 240 g/mol. The van der Waals surface area contributed by atoms with Crippen molar-refractivity contribution in [3.63, 3.8) is 0 Å². The van der Waals surface area contributed by atoms with E-state index >= 15 is 0 Å². The fourth-order valence-electron chi connectivity index (χ4n) is 2.77. The van der Waals surface area contributed by atoms with Gasteiger partial charge in [0.2, 0.25) is 5.88 Å². The predicted octanol–water partition coefficient (Wildman–Crippen LogP) is 1.33. The summed E-state index contributed by atoms with van der Waals surface area (Å²) in [7, 11) is 0. The van der Waals surface area contributed by atoms with Gasteiger partial charge in [0.05, 0.1) is 6.61 Å². The molecule has 0 bridgehead atoms. The Hall–Kier alpha value is -1.62. The first-order chi connectivity index (χ1) is 9.36. The van der Waals surface area contributed by atoms with Crippen LogP contribution in [0.25, 0.3) is 0 Å². The Morgan fingerprint density at radius 2 is 2.16 bits per heavy atom. The molecule has 0 amide bonds. The van der Waals surface area contributed by atoms with Gasteiger partial charge in [-0.3, -0.25) is 4.90 Å². The topological polar surface area (TPSA) is 41.5 Å². The Labute approximate surface area is 113 Å². The highest BCUT2D eigenvalue weighted by molar-refractivity contribution is 5.42. The summed E-state index contributed by atoms with van der Waals surface area (Å²) in [6, 6.07) is 2.58. The summed E-state index contributed by atoms with van der Waals surface area (Å²) in [5.74, 6) is 1.65. The molecule has 5 heteroatoms. The van der Waals surface area contributed by atoms with E-state index in [0.29, 0.717) is 18.5 Å². The van der Waals surface area contributed by atoms with Crippen molar-refractivity contribution in [2.45, 2.75) is 19.4 Å². The van der Waals surface area contributed by atoms with E-state index < -0.39 is 0 Å². The van der Waals surface area contributed by atoms with Gasteiger partial charge in [-0.1, -0.05) is 12.2 Å². The van der Waals surface area contributed by atoms with Gasteiger partial charge < -0.3 is 9.64 Å². The van der Waals surface area contributed by atoms with Gasteiger partial charge in [0.25, 0.3) is 0 Å². The van der Waals surface area contributed by atoms with E-state index in [-0.39, 0.29) is 0 Å². The van der Waals surface area contributed by atoms with Gasteiger partial charge in [-0.2, -0.15) is 0 Å². The minimum Gasteiger partial charge on any atom is -0.478 e. The molecule has 102 valence electrons. The quantitative estimate of drug-likeness (QED) is 0.764. The lowest BCUT2D eigenvalue weighted by atomic mass is 10.2. The smallest absolute Gasteiger partial charge is 0.218 e. The van der Waals surface area contributed by atoms with E-state index in [9.17, 15) is 0 Å². The summed E-state index contributed by atoms with van der Waals surface area (Å²) in [5, 5.41) is 0. The Morgan fingerprint density at radius 3 is 2.95 bits per heavy atom. The standard InChI is InChI=1S/C14H20N4O/c1-2-19-14-9-13(15-11-16-14)18-8-5-12(10-18)17-6-3-4-7-17/h3-4,9,11-12H,2,5-8,10H2,1H3/t12-/m1/s1. The van der Waals surface area contributed by atoms with Crippen LogP contribution >= 0.6 is 0 Å². The highest BCUT2D eigenvalue weighted by Gasteiger charge is 2.28. The van der Waals surface area contributed by atoms with Gasteiger partial charge >= 0.3 is 0 Å². The Morgan fingerprint density at radius 1 is 1.32 bits per heavy atom. The van der Waals surface area contributed by atoms with E-state index in [2.05, 4.69) is 31.9 Å². The number of hydrogen-bond donors (Lipinski definition) is 0. The van der Waals surface area contributed by atoms with E-state index in [1.165, 1.54) is 6.42 Å². The zero-order valence-corrected chi connectivity index (χ0v) is 11.3. The van der Waals surface area contributed by atoms with Crippen molar-refractivity contribution < 1.29 is 4.74 Å². The van der Waals surface area contributed by atoms with Gasteiger partial charge in [-0.15, -0.1) is 0 Å². The molecule has 0 aromatic carbocycles. The van der Waals surface area contributed by atoms with Gasteiger partial charge in [0.1, 0.15) is 12.1 Å². The van der Waals surface area contributed by atoms with Crippen molar-refractivity contribution in [3.8, 4) is 5.88 Å². The van der Waals surface area contributed by atoms with Crippen molar-refractivity contribution in [1.82, 2.24) is 14.9 Å². The first kappa shape index (κ1) is 12.4. The van der Waals surface area contributed by atoms with Crippen LogP contribution < -0.4 is 9.64 Å². The second kappa shape index (κ2) is 5.57. The third kappa shape index (κ3) is 2.71. The summed E-state index contributed by atoms with van der Waals surface area (Å²) in [6.07, 6.45) is 7.29. The summed E-state index contributed by atoms with van der Waals surface area (Å²) >= 11 is 0. The van der Waals surface area contributed by atoms with Gasteiger partial charge in [0.15, 0.2) is 0 Å². The molecule has 0 saturated carbocycles. The van der Waals surface area contributed by atoms with Crippen LogP contribution in [0.4, 0.5) is 5.82 Å². The van der Waals surface area contributed by atoms with E-state index in [4.69, 9.17) is 4.74 Å². The maximum atomic E-state index is 5.43. The average Bonchev–Trinajstić information content (AvgIpc) is 3.11. The van der Waals surface area contributed by atoms with Crippen molar-refractivity contribution in [2.75, 3.05) is 37.7 Å². The molecule has 0 spiro atoms. The largest absolute Gasteiger partial charge is 0.478 e. The fraction of sp³-hybridized carbons (Fsp3) is 0.571. The molecule has 0 unspecified atom stereocenters. The van der Waals surface area contributed by atoms with Crippen LogP contribution in [0.2, 0.25) is 0 Å². The first-order valence-electron chi connectivity index (χ1n) is 6.95. The molecule has 0 radical (unpaired) electrons. The maximum Gasteiger partial charge on any atom is 0.218 e. The number of ether oxygens (including phenoxy) is 1. The molecule has 1 saturated heterocycles.